The molecular formula is C19H22N2O. The number of hydrogen-bond acceptors (Lipinski definition) is 3. The molecule has 0 heterocycles. The van der Waals surface area contributed by atoms with Crippen molar-refractivity contribution in [3.05, 3.63) is 71.8 Å². The van der Waals surface area contributed by atoms with E-state index < -0.39 is 5.41 Å². The standard InChI is InChI=1S/C19H22N2O/c20-16-19(12-7-13-21-14-15-22,17-8-3-1-4-9-17)18-10-5-2-6-11-18/h1-6,8-11,21-22H,7,12-15H2. The van der Waals surface area contributed by atoms with Gasteiger partial charge in [-0.25, -0.2) is 0 Å². The first-order valence-electron chi connectivity index (χ1n) is 7.67. The zero-order chi connectivity index (χ0) is 15.7. The van der Waals surface area contributed by atoms with Crippen molar-refractivity contribution in [2.24, 2.45) is 0 Å². The maximum absolute atomic E-state index is 9.98. The van der Waals surface area contributed by atoms with E-state index in [0.29, 0.717) is 6.54 Å². The minimum Gasteiger partial charge on any atom is -0.395 e. The van der Waals surface area contributed by atoms with Crippen molar-refractivity contribution < 1.29 is 5.11 Å². The summed E-state index contributed by atoms with van der Waals surface area (Å²) in [4.78, 5) is 0. The number of hydrogen-bond donors (Lipinski definition) is 2. The molecule has 0 atom stereocenters. The van der Waals surface area contributed by atoms with Crippen LogP contribution in [0.4, 0.5) is 0 Å². The highest BCUT2D eigenvalue weighted by atomic mass is 16.3. The third kappa shape index (κ3) is 3.73. The molecule has 2 N–H and O–H groups in total. The smallest absolute Gasteiger partial charge is 0.107 e. The second-order valence-electron chi connectivity index (χ2n) is 5.33. The molecule has 0 bridgehead atoms. The molecule has 0 amide bonds. The van der Waals surface area contributed by atoms with E-state index in [1.54, 1.807) is 0 Å². The topological polar surface area (TPSA) is 56.0 Å². The molecule has 2 rings (SSSR count). The monoisotopic (exact) mass is 294 g/mol. The molecule has 0 spiro atoms. The van der Waals surface area contributed by atoms with Crippen LogP contribution in [0.3, 0.4) is 0 Å². The SMILES string of the molecule is N#CC(CCCNCCO)(c1ccccc1)c1ccccc1. The van der Waals surface area contributed by atoms with Gasteiger partial charge >= 0.3 is 0 Å². The van der Waals surface area contributed by atoms with Crippen LogP contribution < -0.4 is 5.32 Å². The average Bonchev–Trinajstić information content (AvgIpc) is 2.60. The van der Waals surface area contributed by atoms with Gasteiger partial charge in [-0.05, 0) is 30.5 Å². The molecule has 0 fully saturated rings. The van der Waals surface area contributed by atoms with Crippen LogP contribution in [0.2, 0.25) is 0 Å². The molecule has 0 aliphatic heterocycles. The summed E-state index contributed by atoms with van der Waals surface area (Å²) in [6, 6.07) is 22.5. The Kier molecular flexibility index (Phi) is 6.14. The lowest BCUT2D eigenvalue weighted by Crippen LogP contribution is -2.28. The predicted molar refractivity (Wildman–Crippen MR) is 88.5 cm³/mol. The van der Waals surface area contributed by atoms with Crippen LogP contribution in [0.15, 0.2) is 60.7 Å². The van der Waals surface area contributed by atoms with Crippen LogP contribution in [0.25, 0.3) is 0 Å². The molecule has 0 radical (unpaired) electrons. The summed E-state index contributed by atoms with van der Waals surface area (Å²) in [5, 5.41) is 22.0. The summed E-state index contributed by atoms with van der Waals surface area (Å²) >= 11 is 0. The fourth-order valence-corrected chi connectivity index (χ4v) is 2.77. The number of rotatable bonds is 8. The number of nitrogens with zero attached hydrogens (tertiary/aromatic N) is 1. The van der Waals surface area contributed by atoms with Crippen LogP contribution >= 0.6 is 0 Å². The Morgan fingerprint density at radius 3 is 1.91 bits per heavy atom. The molecule has 114 valence electrons. The number of aliphatic hydroxyl groups is 1. The van der Waals surface area contributed by atoms with Crippen molar-refractivity contribution in [2.75, 3.05) is 19.7 Å². The highest BCUT2D eigenvalue weighted by molar-refractivity contribution is 5.45. The van der Waals surface area contributed by atoms with Crippen molar-refractivity contribution >= 4 is 0 Å². The van der Waals surface area contributed by atoms with Gasteiger partial charge in [-0.1, -0.05) is 60.7 Å². The van der Waals surface area contributed by atoms with E-state index in [0.717, 1.165) is 30.5 Å². The highest BCUT2D eigenvalue weighted by Gasteiger charge is 2.33. The van der Waals surface area contributed by atoms with Crippen LogP contribution in [-0.4, -0.2) is 24.8 Å². The van der Waals surface area contributed by atoms with Crippen molar-refractivity contribution in [3.63, 3.8) is 0 Å². The summed E-state index contributed by atoms with van der Waals surface area (Å²) in [7, 11) is 0. The van der Waals surface area contributed by atoms with E-state index in [1.807, 2.05) is 60.7 Å². The first-order chi connectivity index (χ1) is 10.8. The van der Waals surface area contributed by atoms with E-state index in [-0.39, 0.29) is 6.61 Å². The van der Waals surface area contributed by atoms with Gasteiger partial charge in [-0.2, -0.15) is 5.26 Å². The second kappa shape index (κ2) is 8.33. The van der Waals surface area contributed by atoms with Crippen LogP contribution in [0.5, 0.6) is 0 Å². The maximum Gasteiger partial charge on any atom is 0.107 e. The molecule has 0 saturated carbocycles. The van der Waals surface area contributed by atoms with E-state index in [4.69, 9.17) is 5.11 Å². The third-order valence-electron chi connectivity index (χ3n) is 3.92. The van der Waals surface area contributed by atoms with Gasteiger partial charge in [0.05, 0.1) is 12.7 Å². The Bertz CT molecular complexity index is 550. The maximum atomic E-state index is 9.98. The fourth-order valence-electron chi connectivity index (χ4n) is 2.77. The van der Waals surface area contributed by atoms with Crippen LogP contribution in [0.1, 0.15) is 24.0 Å². The molecule has 3 nitrogen and oxygen atoms in total. The first-order valence-corrected chi connectivity index (χ1v) is 7.67. The van der Waals surface area contributed by atoms with Gasteiger partial charge < -0.3 is 10.4 Å². The molecule has 0 unspecified atom stereocenters. The summed E-state index contributed by atoms with van der Waals surface area (Å²) in [5.74, 6) is 0. The zero-order valence-electron chi connectivity index (χ0n) is 12.7. The Morgan fingerprint density at radius 2 is 1.45 bits per heavy atom. The van der Waals surface area contributed by atoms with Gasteiger partial charge in [0.2, 0.25) is 0 Å². The molecule has 0 aliphatic rings. The lowest BCUT2D eigenvalue weighted by molar-refractivity contribution is 0.291. The van der Waals surface area contributed by atoms with Gasteiger partial charge in [0.25, 0.3) is 0 Å². The number of benzene rings is 2. The van der Waals surface area contributed by atoms with E-state index >= 15 is 0 Å². The largest absolute Gasteiger partial charge is 0.395 e. The molecule has 22 heavy (non-hydrogen) atoms. The van der Waals surface area contributed by atoms with Crippen LogP contribution in [0, 0.1) is 11.3 Å². The lowest BCUT2D eigenvalue weighted by atomic mass is 9.72. The van der Waals surface area contributed by atoms with E-state index in [1.165, 1.54) is 0 Å². The lowest BCUT2D eigenvalue weighted by Gasteiger charge is -2.28. The summed E-state index contributed by atoms with van der Waals surface area (Å²) in [5.41, 5.74) is 1.44. The Balaban J connectivity index is 2.26. The van der Waals surface area contributed by atoms with Crippen molar-refractivity contribution in [1.29, 1.82) is 5.26 Å². The Morgan fingerprint density at radius 1 is 0.909 bits per heavy atom. The number of nitrogens with one attached hydrogen (secondary N) is 1. The van der Waals surface area contributed by atoms with Crippen molar-refractivity contribution in [2.45, 2.75) is 18.3 Å². The summed E-state index contributed by atoms with van der Waals surface area (Å²) in [6.07, 6.45) is 1.62. The Hall–Kier alpha value is -2.15. The molecule has 2 aromatic carbocycles. The number of nitriles is 1. The minimum absolute atomic E-state index is 0.140. The molecule has 3 heteroatoms. The van der Waals surface area contributed by atoms with Gasteiger partial charge in [0.15, 0.2) is 0 Å². The summed E-state index contributed by atoms with van der Waals surface area (Å²) in [6.45, 7) is 1.53. The molecule has 0 aromatic heterocycles. The van der Waals surface area contributed by atoms with E-state index in [9.17, 15) is 5.26 Å². The molecule has 0 saturated heterocycles. The first kappa shape index (κ1) is 16.2. The van der Waals surface area contributed by atoms with Gasteiger partial charge in [-0.3, -0.25) is 0 Å². The normalized spacial score (nSPS) is 11.1. The van der Waals surface area contributed by atoms with Crippen molar-refractivity contribution in [3.8, 4) is 6.07 Å². The second-order valence-corrected chi connectivity index (χ2v) is 5.33. The number of aliphatic hydroxyl groups excluding tert-OH is 1. The van der Waals surface area contributed by atoms with Gasteiger partial charge in [-0.15, -0.1) is 0 Å². The molecular weight excluding hydrogens is 272 g/mol. The fraction of sp³-hybridized carbons (Fsp3) is 0.316. The van der Waals surface area contributed by atoms with E-state index in [2.05, 4.69) is 11.4 Å². The predicted octanol–water partition coefficient (Wildman–Crippen LogP) is 2.86. The quantitative estimate of drug-likeness (QED) is 0.736. The third-order valence-corrected chi connectivity index (χ3v) is 3.92. The minimum atomic E-state index is -0.622. The Labute approximate surface area is 132 Å². The molecule has 2 aromatic rings. The summed E-state index contributed by atoms with van der Waals surface area (Å²) < 4.78 is 0. The van der Waals surface area contributed by atoms with Crippen LogP contribution in [-0.2, 0) is 5.41 Å². The highest BCUT2D eigenvalue weighted by Crippen LogP contribution is 2.36. The van der Waals surface area contributed by atoms with Crippen molar-refractivity contribution in [1.82, 2.24) is 5.32 Å². The zero-order valence-corrected chi connectivity index (χ0v) is 12.7. The molecule has 0 aliphatic carbocycles. The van der Waals surface area contributed by atoms with Gasteiger partial charge in [0, 0.05) is 6.54 Å². The average molecular weight is 294 g/mol. The van der Waals surface area contributed by atoms with Gasteiger partial charge in [0.1, 0.15) is 5.41 Å².